The molecule has 15 heavy (non-hydrogen) atoms. The maximum atomic E-state index is 11.2. The third-order valence-corrected chi connectivity index (χ3v) is 2.52. The molecule has 0 N–H and O–H groups in total. The molecule has 0 heterocycles. The number of halogens is 1. The molecule has 0 aromatic carbocycles. The van der Waals surface area contributed by atoms with Gasteiger partial charge in [0.1, 0.15) is 4.83 Å². The monoisotopic (exact) mass is 280 g/mol. The molecule has 0 aliphatic carbocycles. The van der Waals surface area contributed by atoms with E-state index in [-0.39, 0.29) is 16.8 Å². The number of hydrogen-bond donors (Lipinski definition) is 0. The number of carbonyl (C=O) groups excluding carboxylic acids is 2. The van der Waals surface area contributed by atoms with Crippen molar-refractivity contribution in [1.29, 1.82) is 0 Å². The summed E-state index contributed by atoms with van der Waals surface area (Å²) in [6.45, 7) is 4.30. The second-order valence-electron chi connectivity index (χ2n) is 2.92. The lowest BCUT2D eigenvalue weighted by Crippen LogP contribution is -2.17. The van der Waals surface area contributed by atoms with Crippen molar-refractivity contribution in [3.05, 3.63) is 0 Å². The van der Waals surface area contributed by atoms with E-state index < -0.39 is 0 Å². The van der Waals surface area contributed by atoms with Gasteiger partial charge in [-0.15, -0.1) is 0 Å². The van der Waals surface area contributed by atoms with Crippen molar-refractivity contribution < 1.29 is 19.1 Å². The van der Waals surface area contributed by atoms with Gasteiger partial charge in [-0.3, -0.25) is 9.59 Å². The molecule has 0 fully saturated rings. The summed E-state index contributed by atoms with van der Waals surface area (Å²) in [4.78, 5) is 21.8. The van der Waals surface area contributed by atoms with Gasteiger partial charge in [0.05, 0.1) is 13.2 Å². The number of ether oxygens (including phenoxy) is 2. The molecule has 0 aromatic rings. The lowest BCUT2D eigenvalue weighted by Gasteiger charge is -2.08. The van der Waals surface area contributed by atoms with Crippen LogP contribution in [0.5, 0.6) is 0 Å². The van der Waals surface area contributed by atoms with E-state index in [1.165, 1.54) is 0 Å². The molecule has 0 rings (SSSR count). The molecule has 5 heteroatoms. The highest BCUT2D eigenvalue weighted by Crippen LogP contribution is 2.12. The first-order valence-corrected chi connectivity index (χ1v) is 5.99. The fourth-order valence-corrected chi connectivity index (χ4v) is 1.47. The fraction of sp³-hybridized carbons (Fsp3) is 0.800. The first kappa shape index (κ1) is 14.4. The molecule has 0 unspecified atom stereocenters. The molecule has 0 saturated heterocycles. The van der Waals surface area contributed by atoms with Crippen LogP contribution in [0.2, 0.25) is 0 Å². The summed E-state index contributed by atoms with van der Waals surface area (Å²) in [5.41, 5.74) is 0. The minimum atomic E-state index is -0.327. The van der Waals surface area contributed by atoms with Gasteiger partial charge in [-0.2, -0.15) is 0 Å². The lowest BCUT2D eigenvalue weighted by molar-refractivity contribution is -0.144. The average molecular weight is 281 g/mol. The molecule has 0 amide bonds. The Bertz CT molecular complexity index is 206. The van der Waals surface area contributed by atoms with E-state index in [9.17, 15) is 9.59 Å². The highest BCUT2D eigenvalue weighted by Gasteiger charge is 2.15. The normalized spacial score (nSPS) is 11.9. The standard InChI is InChI=1S/C10H17BrO4/c1-3-14-9(12)7-5-6-8(11)10(13)15-4-2/h8H,3-7H2,1-2H3/t8-/m1/s1. The van der Waals surface area contributed by atoms with E-state index in [1.54, 1.807) is 13.8 Å². The Hall–Kier alpha value is -0.580. The minimum absolute atomic E-state index is 0.221. The van der Waals surface area contributed by atoms with Crippen LogP contribution in [0, 0.1) is 0 Å². The van der Waals surface area contributed by atoms with Gasteiger partial charge in [0.15, 0.2) is 0 Å². The van der Waals surface area contributed by atoms with Crippen LogP contribution in [-0.4, -0.2) is 30.0 Å². The van der Waals surface area contributed by atoms with Crippen LogP contribution in [0.15, 0.2) is 0 Å². The summed E-state index contributed by atoms with van der Waals surface area (Å²) in [5.74, 6) is -0.498. The summed E-state index contributed by atoms with van der Waals surface area (Å²) in [6, 6.07) is 0. The molecule has 0 radical (unpaired) electrons. The lowest BCUT2D eigenvalue weighted by atomic mass is 10.2. The minimum Gasteiger partial charge on any atom is -0.466 e. The van der Waals surface area contributed by atoms with Crippen LogP contribution >= 0.6 is 15.9 Å². The third-order valence-electron chi connectivity index (χ3n) is 1.69. The zero-order chi connectivity index (χ0) is 11.7. The van der Waals surface area contributed by atoms with E-state index in [0.717, 1.165) is 0 Å². The Morgan fingerprint density at radius 3 is 2.33 bits per heavy atom. The van der Waals surface area contributed by atoms with Crippen LogP contribution < -0.4 is 0 Å². The number of alkyl halides is 1. The second-order valence-corrected chi connectivity index (χ2v) is 4.02. The van der Waals surface area contributed by atoms with E-state index in [0.29, 0.717) is 32.5 Å². The number of esters is 2. The average Bonchev–Trinajstić information content (AvgIpc) is 2.18. The van der Waals surface area contributed by atoms with E-state index in [2.05, 4.69) is 15.9 Å². The van der Waals surface area contributed by atoms with Crippen molar-refractivity contribution in [2.45, 2.75) is 37.9 Å². The maximum absolute atomic E-state index is 11.2. The topological polar surface area (TPSA) is 52.6 Å². The molecule has 4 nitrogen and oxygen atoms in total. The highest BCUT2D eigenvalue weighted by molar-refractivity contribution is 9.10. The van der Waals surface area contributed by atoms with Crippen molar-refractivity contribution in [2.24, 2.45) is 0 Å². The van der Waals surface area contributed by atoms with E-state index in [1.807, 2.05) is 0 Å². The SMILES string of the molecule is CCOC(=O)CCC[C@@H](Br)C(=O)OCC. The Balaban J connectivity index is 3.58. The van der Waals surface area contributed by atoms with Crippen molar-refractivity contribution >= 4 is 27.9 Å². The Kier molecular flexibility index (Phi) is 8.37. The predicted molar refractivity (Wildman–Crippen MR) is 59.8 cm³/mol. The molecular weight excluding hydrogens is 264 g/mol. The third kappa shape index (κ3) is 7.36. The van der Waals surface area contributed by atoms with Crippen LogP contribution in [0.3, 0.4) is 0 Å². The van der Waals surface area contributed by atoms with E-state index in [4.69, 9.17) is 9.47 Å². The molecule has 0 aromatic heterocycles. The van der Waals surface area contributed by atoms with Gasteiger partial charge >= 0.3 is 11.9 Å². The van der Waals surface area contributed by atoms with Crippen LogP contribution in [0.25, 0.3) is 0 Å². The zero-order valence-corrected chi connectivity index (χ0v) is 10.7. The van der Waals surface area contributed by atoms with Crippen LogP contribution in [0.4, 0.5) is 0 Å². The number of hydrogen-bond acceptors (Lipinski definition) is 4. The Morgan fingerprint density at radius 1 is 1.20 bits per heavy atom. The molecular formula is C10H17BrO4. The molecule has 0 aliphatic heterocycles. The maximum Gasteiger partial charge on any atom is 0.319 e. The highest BCUT2D eigenvalue weighted by atomic mass is 79.9. The van der Waals surface area contributed by atoms with Gasteiger partial charge in [0.2, 0.25) is 0 Å². The zero-order valence-electron chi connectivity index (χ0n) is 9.12. The first-order chi connectivity index (χ1) is 7.11. The van der Waals surface area contributed by atoms with Crippen molar-refractivity contribution in [2.75, 3.05) is 13.2 Å². The van der Waals surface area contributed by atoms with Crippen LogP contribution in [0.1, 0.15) is 33.1 Å². The molecule has 88 valence electrons. The smallest absolute Gasteiger partial charge is 0.319 e. The van der Waals surface area contributed by atoms with Gasteiger partial charge in [-0.1, -0.05) is 15.9 Å². The van der Waals surface area contributed by atoms with Crippen molar-refractivity contribution in [3.63, 3.8) is 0 Å². The molecule has 0 spiro atoms. The first-order valence-electron chi connectivity index (χ1n) is 5.08. The summed E-state index contributed by atoms with van der Waals surface area (Å²) < 4.78 is 9.57. The quantitative estimate of drug-likeness (QED) is 0.529. The Labute approximate surface area is 98.4 Å². The summed E-state index contributed by atoms with van der Waals surface area (Å²) in [5, 5.41) is 0. The van der Waals surface area contributed by atoms with E-state index >= 15 is 0 Å². The number of carbonyl (C=O) groups is 2. The predicted octanol–water partition coefficient (Wildman–Crippen LogP) is 2.05. The van der Waals surface area contributed by atoms with Gasteiger partial charge < -0.3 is 9.47 Å². The second kappa shape index (κ2) is 8.71. The molecule has 1 atom stereocenters. The summed E-state index contributed by atoms with van der Waals surface area (Å²) in [6.07, 6.45) is 1.54. The van der Waals surface area contributed by atoms with Crippen LogP contribution in [-0.2, 0) is 19.1 Å². The molecule has 0 saturated carbocycles. The summed E-state index contributed by atoms with van der Waals surface area (Å²) in [7, 11) is 0. The fourth-order valence-electron chi connectivity index (χ4n) is 1.01. The largest absolute Gasteiger partial charge is 0.466 e. The number of rotatable bonds is 7. The summed E-state index contributed by atoms with van der Waals surface area (Å²) >= 11 is 3.21. The van der Waals surface area contributed by atoms with Gasteiger partial charge in [0, 0.05) is 6.42 Å². The molecule has 0 bridgehead atoms. The van der Waals surface area contributed by atoms with Crippen molar-refractivity contribution in [3.8, 4) is 0 Å². The molecule has 0 aliphatic rings. The van der Waals surface area contributed by atoms with Gasteiger partial charge in [-0.05, 0) is 26.7 Å². The Morgan fingerprint density at radius 2 is 1.80 bits per heavy atom. The van der Waals surface area contributed by atoms with Crippen molar-refractivity contribution in [1.82, 2.24) is 0 Å². The van der Waals surface area contributed by atoms with Gasteiger partial charge in [-0.25, -0.2) is 0 Å². The van der Waals surface area contributed by atoms with Gasteiger partial charge in [0.25, 0.3) is 0 Å².